The Labute approximate surface area is 117 Å². The second kappa shape index (κ2) is 5.72. The van der Waals surface area contributed by atoms with Gasteiger partial charge in [0.15, 0.2) is 0 Å². The van der Waals surface area contributed by atoms with Gasteiger partial charge >= 0.3 is 0 Å². The lowest BCUT2D eigenvalue weighted by atomic mass is 10.1. The van der Waals surface area contributed by atoms with E-state index in [1.807, 2.05) is 6.07 Å². The summed E-state index contributed by atoms with van der Waals surface area (Å²) in [4.78, 5) is 0. The Morgan fingerprint density at radius 2 is 1.58 bits per heavy atom. The molecule has 0 radical (unpaired) electrons. The lowest BCUT2D eigenvalue weighted by Gasteiger charge is -2.07. The summed E-state index contributed by atoms with van der Waals surface area (Å²) in [6.45, 7) is 0.860. The fourth-order valence-corrected chi connectivity index (χ4v) is 2.67. The molecule has 1 nitrogen and oxygen atoms in total. The lowest BCUT2D eigenvalue weighted by molar-refractivity contribution is 1.15. The summed E-state index contributed by atoms with van der Waals surface area (Å²) in [5.41, 5.74) is 5.01. The summed E-state index contributed by atoms with van der Waals surface area (Å²) in [5, 5.41) is 7.72. The molecule has 0 bridgehead atoms. The van der Waals surface area contributed by atoms with Gasteiger partial charge in [0.2, 0.25) is 0 Å². The first kappa shape index (κ1) is 12.0. The Hall–Kier alpha value is -2.06. The quantitative estimate of drug-likeness (QED) is 0.698. The Balaban J connectivity index is 1.67. The minimum Gasteiger partial charge on any atom is -0.381 e. The number of hydrogen-bond donors (Lipinski definition) is 1. The van der Waals surface area contributed by atoms with Crippen LogP contribution >= 0.6 is 11.3 Å². The topological polar surface area (TPSA) is 12.0 Å². The molecular formula is C17H15NS. The van der Waals surface area contributed by atoms with Crippen molar-refractivity contribution in [3.63, 3.8) is 0 Å². The zero-order chi connectivity index (χ0) is 12.9. The highest BCUT2D eigenvalue weighted by atomic mass is 32.1. The van der Waals surface area contributed by atoms with Crippen LogP contribution in [0.2, 0.25) is 0 Å². The monoisotopic (exact) mass is 265 g/mol. The van der Waals surface area contributed by atoms with E-state index in [0.29, 0.717) is 0 Å². The van der Waals surface area contributed by atoms with Crippen molar-refractivity contribution in [2.75, 3.05) is 5.32 Å². The zero-order valence-electron chi connectivity index (χ0n) is 10.5. The first-order chi connectivity index (χ1) is 9.42. The van der Waals surface area contributed by atoms with Crippen molar-refractivity contribution in [1.29, 1.82) is 0 Å². The second-order valence-electron chi connectivity index (χ2n) is 4.43. The van der Waals surface area contributed by atoms with E-state index in [1.165, 1.54) is 16.7 Å². The van der Waals surface area contributed by atoms with Crippen LogP contribution in [0.25, 0.3) is 11.1 Å². The maximum atomic E-state index is 3.44. The molecule has 0 aliphatic rings. The molecule has 0 aliphatic heterocycles. The molecule has 0 amide bonds. The Morgan fingerprint density at radius 3 is 2.26 bits per heavy atom. The highest BCUT2D eigenvalue weighted by molar-refractivity contribution is 7.08. The molecule has 0 saturated carbocycles. The molecular weight excluding hydrogens is 250 g/mol. The van der Waals surface area contributed by atoms with Crippen LogP contribution in [0.15, 0.2) is 71.4 Å². The Bertz CT molecular complexity index is 612. The number of hydrogen-bond acceptors (Lipinski definition) is 2. The average Bonchev–Trinajstić information content (AvgIpc) is 3.01. The van der Waals surface area contributed by atoms with Crippen molar-refractivity contribution in [1.82, 2.24) is 0 Å². The van der Waals surface area contributed by atoms with Gasteiger partial charge in [-0.25, -0.2) is 0 Å². The van der Waals surface area contributed by atoms with E-state index in [2.05, 4.69) is 70.7 Å². The number of anilines is 1. The van der Waals surface area contributed by atoms with E-state index in [9.17, 15) is 0 Å². The molecule has 0 saturated heterocycles. The molecule has 0 fully saturated rings. The van der Waals surface area contributed by atoms with E-state index in [-0.39, 0.29) is 0 Å². The van der Waals surface area contributed by atoms with Gasteiger partial charge in [0.05, 0.1) is 0 Å². The third kappa shape index (κ3) is 3.04. The first-order valence-electron chi connectivity index (χ1n) is 6.32. The van der Waals surface area contributed by atoms with E-state index < -0.39 is 0 Å². The molecule has 0 aliphatic carbocycles. The van der Waals surface area contributed by atoms with Gasteiger partial charge in [-0.3, -0.25) is 0 Å². The highest BCUT2D eigenvalue weighted by Crippen LogP contribution is 2.23. The Kier molecular flexibility index (Phi) is 3.61. The molecule has 3 aromatic rings. The predicted molar refractivity (Wildman–Crippen MR) is 83.5 cm³/mol. The maximum absolute atomic E-state index is 3.44. The van der Waals surface area contributed by atoms with Gasteiger partial charge in [-0.2, -0.15) is 11.3 Å². The summed E-state index contributed by atoms with van der Waals surface area (Å²) >= 11 is 1.73. The molecule has 0 spiro atoms. The summed E-state index contributed by atoms with van der Waals surface area (Å²) < 4.78 is 0. The molecule has 1 aromatic heterocycles. The number of benzene rings is 2. The fraction of sp³-hybridized carbons (Fsp3) is 0.0588. The third-order valence-electron chi connectivity index (χ3n) is 3.08. The van der Waals surface area contributed by atoms with Gasteiger partial charge in [-0.1, -0.05) is 42.5 Å². The van der Waals surface area contributed by atoms with Gasteiger partial charge in [-0.05, 0) is 45.6 Å². The van der Waals surface area contributed by atoms with Gasteiger partial charge < -0.3 is 5.32 Å². The van der Waals surface area contributed by atoms with Crippen LogP contribution in [0.5, 0.6) is 0 Å². The van der Waals surface area contributed by atoms with Crippen molar-refractivity contribution in [2.24, 2.45) is 0 Å². The third-order valence-corrected chi connectivity index (χ3v) is 3.76. The molecule has 0 unspecified atom stereocenters. The van der Waals surface area contributed by atoms with Crippen LogP contribution < -0.4 is 5.32 Å². The molecule has 2 heteroatoms. The van der Waals surface area contributed by atoms with E-state index in [4.69, 9.17) is 0 Å². The van der Waals surface area contributed by atoms with Crippen molar-refractivity contribution in [3.8, 4) is 11.1 Å². The van der Waals surface area contributed by atoms with E-state index >= 15 is 0 Å². The fourth-order valence-electron chi connectivity index (χ4n) is 2.01. The van der Waals surface area contributed by atoms with Crippen molar-refractivity contribution in [2.45, 2.75) is 6.54 Å². The zero-order valence-corrected chi connectivity index (χ0v) is 11.4. The standard InChI is InChI=1S/C17H15NS/c1-2-4-14(5-3-1)12-18-17-8-6-15(7-9-17)16-10-11-19-13-16/h1-11,13,18H,12H2. The van der Waals surface area contributed by atoms with Gasteiger partial charge in [0, 0.05) is 12.2 Å². The highest BCUT2D eigenvalue weighted by Gasteiger charge is 1.98. The van der Waals surface area contributed by atoms with Crippen LogP contribution in [-0.2, 0) is 6.54 Å². The molecule has 19 heavy (non-hydrogen) atoms. The van der Waals surface area contributed by atoms with Crippen molar-refractivity contribution >= 4 is 17.0 Å². The second-order valence-corrected chi connectivity index (χ2v) is 5.21. The van der Waals surface area contributed by atoms with E-state index in [0.717, 1.165) is 12.2 Å². The van der Waals surface area contributed by atoms with Crippen LogP contribution in [0.4, 0.5) is 5.69 Å². The summed E-state index contributed by atoms with van der Waals surface area (Å²) in [6, 6.07) is 21.2. The molecule has 94 valence electrons. The van der Waals surface area contributed by atoms with Crippen LogP contribution in [0.3, 0.4) is 0 Å². The molecule has 0 atom stereocenters. The van der Waals surface area contributed by atoms with Gasteiger partial charge in [-0.15, -0.1) is 0 Å². The van der Waals surface area contributed by atoms with Crippen molar-refractivity contribution < 1.29 is 0 Å². The van der Waals surface area contributed by atoms with Crippen molar-refractivity contribution in [3.05, 3.63) is 77.0 Å². The maximum Gasteiger partial charge on any atom is 0.0400 e. The minimum atomic E-state index is 0.860. The lowest BCUT2D eigenvalue weighted by Crippen LogP contribution is -1.98. The first-order valence-corrected chi connectivity index (χ1v) is 7.26. The molecule has 1 heterocycles. The van der Waals surface area contributed by atoms with Gasteiger partial charge in [0.1, 0.15) is 0 Å². The molecule has 2 aromatic carbocycles. The number of thiophene rings is 1. The number of nitrogens with one attached hydrogen (secondary N) is 1. The smallest absolute Gasteiger partial charge is 0.0400 e. The molecule has 1 N–H and O–H groups in total. The van der Waals surface area contributed by atoms with Crippen LogP contribution in [-0.4, -0.2) is 0 Å². The van der Waals surface area contributed by atoms with Crippen LogP contribution in [0.1, 0.15) is 5.56 Å². The van der Waals surface area contributed by atoms with E-state index in [1.54, 1.807) is 11.3 Å². The SMILES string of the molecule is c1ccc(CNc2ccc(-c3ccsc3)cc2)cc1. The average molecular weight is 265 g/mol. The normalized spacial score (nSPS) is 10.3. The predicted octanol–water partition coefficient (Wildman–Crippen LogP) is 5.03. The Morgan fingerprint density at radius 1 is 0.789 bits per heavy atom. The summed E-state index contributed by atoms with van der Waals surface area (Å²) in [6.07, 6.45) is 0. The summed E-state index contributed by atoms with van der Waals surface area (Å²) in [5.74, 6) is 0. The summed E-state index contributed by atoms with van der Waals surface area (Å²) in [7, 11) is 0. The van der Waals surface area contributed by atoms with Crippen LogP contribution in [0, 0.1) is 0 Å². The number of rotatable bonds is 4. The molecule has 3 rings (SSSR count). The van der Waals surface area contributed by atoms with Gasteiger partial charge in [0.25, 0.3) is 0 Å². The largest absolute Gasteiger partial charge is 0.381 e. The minimum absolute atomic E-state index is 0.860.